The number of aliphatic imine (C=N–C) groups is 1. The molecule has 146 valence electrons. The van der Waals surface area contributed by atoms with Gasteiger partial charge < -0.3 is 20.1 Å². The first-order valence-electron chi connectivity index (χ1n) is 8.64. The Morgan fingerprint density at radius 1 is 1.11 bits per heavy atom. The van der Waals surface area contributed by atoms with E-state index < -0.39 is 0 Å². The fraction of sp³-hybridized carbons (Fsp3) is 0.350. The van der Waals surface area contributed by atoms with Gasteiger partial charge in [0.15, 0.2) is 5.96 Å². The molecule has 2 N–H and O–H groups in total. The lowest BCUT2D eigenvalue weighted by Crippen LogP contribution is -2.41. The third-order valence-corrected chi connectivity index (χ3v) is 3.80. The Morgan fingerprint density at radius 3 is 2.52 bits per heavy atom. The van der Waals surface area contributed by atoms with Crippen molar-refractivity contribution in [3.63, 3.8) is 0 Å². The SMILES string of the molecule is CN=C(NCc1ccc(F)c(COC)c1)NCC(C)Oc1ccc(F)cc1. The zero-order valence-electron chi connectivity index (χ0n) is 15.8. The topological polar surface area (TPSA) is 54.9 Å². The molecule has 0 spiro atoms. The predicted molar refractivity (Wildman–Crippen MR) is 102 cm³/mol. The van der Waals surface area contributed by atoms with Gasteiger partial charge >= 0.3 is 0 Å². The van der Waals surface area contributed by atoms with E-state index in [4.69, 9.17) is 9.47 Å². The van der Waals surface area contributed by atoms with Crippen LogP contribution in [0.3, 0.4) is 0 Å². The highest BCUT2D eigenvalue weighted by molar-refractivity contribution is 5.79. The zero-order valence-corrected chi connectivity index (χ0v) is 15.8. The summed E-state index contributed by atoms with van der Waals surface area (Å²) < 4.78 is 37.3. The average molecular weight is 377 g/mol. The molecule has 2 aromatic rings. The highest BCUT2D eigenvalue weighted by Gasteiger charge is 2.07. The van der Waals surface area contributed by atoms with Crippen molar-refractivity contribution < 1.29 is 18.3 Å². The lowest BCUT2D eigenvalue weighted by molar-refractivity contribution is 0.181. The Balaban J connectivity index is 1.81. The van der Waals surface area contributed by atoms with Crippen molar-refractivity contribution in [3.8, 4) is 5.75 Å². The van der Waals surface area contributed by atoms with E-state index in [1.54, 1.807) is 31.3 Å². The molecule has 0 bridgehead atoms. The molecule has 1 unspecified atom stereocenters. The van der Waals surface area contributed by atoms with Crippen molar-refractivity contribution in [1.29, 1.82) is 0 Å². The van der Waals surface area contributed by atoms with Crippen LogP contribution in [-0.4, -0.2) is 32.8 Å². The molecule has 0 fully saturated rings. The molecule has 0 heterocycles. The Labute approximate surface area is 158 Å². The van der Waals surface area contributed by atoms with Gasteiger partial charge in [-0.05, 0) is 48.9 Å². The molecule has 0 saturated carbocycles. The minimum Gasteiger partial charge on any atom is -0.489 e. The second kappa shape index (κ2) is 10.5. The van der Waals surface area contributed by atoms with Crippen LogP contribution >= 0.6 is 0 Å². The molecule has 0 amide bonds. The summed E-state index contributed by atoms with van der Waals surface area (Å²) in [5, 5.41) is 6.33. The van der Waals surface area contributed by atoms with E-state index in [9.17, 15) is 8.78 Å². The van der Waals surface area contributed by atoms with Crippen LogP contribution in [0.5, 0.6) is 5.75 Å². The number of rotatable bonds is 8. The van der Waals surface area contributed by atoms with Crippen LogP contribution in [-0.2, 0) is 17.9 Å². The van der Waals surface area contributed by atoms with Gasteiger partial charge in [0.05, 0.1) is 13.2 Å². The normalized spacial score (nSPS) is 12.6. The Hall–Kier alpha value is -2.67. The van der Waals surface area contributed by atoms with Gasteiger partial charge in [0.1, 0.15) is 23.5 Å². The van der Waals surface area contributed by atoms with Crippen molar-refractivity contribution in [1.82, 2.24) is 10.6 Å². The van der Waals surface area contributed by atoms with E-state index >= 15 is 0 Å². The maximum Gasteiger partial charge on any atom is 0.191 e. The number of hydrogen-bond acceptors (Lipinski definition) is 3. The number of hydrogen-bond donors (Lipinski definition) is 2. The van der Waals surface area contributed by atoms with Crippen molar-refractivity contribution in [2.75, 3.05) is 20.7 Å². The minimum atomic E-state index is -0.299. The second-order valence-electron chi connectivity index (χ2n) is 6.05. The largest absolute Gasteiger partial charge is 0.489 e. The quantitative estimate of drug-likeness (QED) is 0.548. The summed E-state index contributed by atoms with van der Waals surface area (Å²) in [6, 6.07) is 10.8. The lowest BCUT2D eigenvalue weighted by Gasteiger charge is -2.18. The summed E-state index contributed by atoms with van der Waals surface area (Å²) in [5.41, 5.74) is 1.43. The van der Waals surface area contributed by atoms with Gasteiger partial charge in [-0.15, -0.1) is 0 Å². The molecule has 0 aliphatic heterocycles. The number of nitrogens with one attached hydrogen (secondary N) is 2. The summed E-state index contributed by atoms with van der Waals surface area (Å²) in [4.78, 5) is 4.16. The van der Waals surface area contributed by atoms with Gasteiger partial charge in [0, 0.05) is 26.3 Å². The Kier molecular flexibility index (Phi) is 8.00. The smallest absolute Gasteiger partial charge is 0.191 e. The number of methoxy groups -OCH3 is 1. The van der Waals surface area contributed by atoms with Crippen LogP contribution in [0.15, 0.2) is 47.5 Å². The van der Waals surface area contributed by atoms with Crippen LogP contribution in [0.4, 0.5) is 8.78 Å². The summed E-state index contributed by atoms with van der Waals surface area (Å²) >= 11 is 0. The zero-order chi connectivity index (χ0) is 19.6. The van der Waals surface area contributed by atoms with E-state index in [1.807, 2.05) is 6.92 Å². The summed E-state index contributed by atoms with van der Waals surface area (Å²) in [6.07, 6.45) is -0.145. The standard InChI is InChI=1S/C20H25F2N3O2/c1-14(27-18-7-5-17(21)6-8-18)11-24-20(23-2)25-12-15-4-9-19(22)16(10-15)13-26-3/h4-10,14H,11-13H2,1-3H3,(H2,23,24,25). The van der Waals surface area contributed by atoms with E-state index in [2.05, 4.69) is 15.6 Å². The molecule has 0 aliphatic rings. The van der Waals surface area contributed by atoms with Gasteiger partial charge in [0.2, 0.25) is 0 Å². The Morgan fingerprint density at radius 2 is 1.85 bits per heavy atom. The first kappa shape index (κ1) is 20.6. The van der Waals surface area contributed by atoms with Gasteiger partial charge in [-0.1, -0.05) is 6.07 Å². The fourth-order valence-corrected chi connectivity index (χ4v) is 2.44. The predicted octanol–water partition coefficient (Wildman–Crippen LogP) is 3.24. The molecular formula is C20H25F2N3O2. The lowest BCUT2D eigenvalue weighted by atomic mass is 10.1. The molecule has 0 aliphatic carbocycles. The van der Waals surface area contributed by atoms with Gasteiger partial charge in [-0.25, -0.2) is 8.78 Å². The van der Waals surface area contributed by atoms with E-state index in [0.29, 0.717) is 30.4 Å². The molecule has 2 aromatic carbocycles. The first-order valence-corrected chi connectivity index (χ1v) is 8.64. The van der Waals surface area contributed by atoms with Crippen LogP contribution in [0.25, 0.3) is 0 Å². The molecule has 7 heteroatoms. The summed E-state index contributed by atoms with van der Waals surface area (Å²) in [7, 11) is 3.20. The van der Waals surface area contributed by atoms with Crippen LogP contribution in [0.2, 0.25) is 0 Å². The van der Waals surface area contributed by atoms with Crippen molar-refractivity contribution >= 4 is 5.96 Å². The summed E-state index contributed by atoms with van der Waals surface area (Å²) in [6.45, 7) is 3.13. The monoisotopic (exact) mass is 377 g/mol. The van der Waals surface area contributed by atoms with Crippen LogP contribution in [0.1, 0.15) is 18.1 Å². The maximum atomic E-state index is 13.7. The van der Waals surface area contributed by atoms with E-state index in [0.717, 1.165) is 5.56 Å². The highest BCUT2D eigenvalue weighted by atomic mass is 19.1. The Bertz CT molecular complexity index is 751. The van der Waals surface area contributed by atoms with E-state index in [-0.39, 0.29) is 24.3 Å². The number of ether oxygens (including phenoxy) is 2. The number of nitrogens with zero attached hydrogens (tertiary/aromatic N) is 1. The molecule has 0 aromatic heterocycles. The average Bonchev–Trinajstić information content (AvgIpc) is 2.66. The first-order chi connectivity index (χ1) is 13.0. The van der Waals surface area contributed by atoms with Gasteiger partial charge in [0.25, 0.3) is 0 Å². The minimum absolute atomic E-state index is 0.145. The molecule has 0 radical (unpaired) electrons. The van der Waals surface area contributed by atoms with Crippen molar-refractivity contribution in [3.05, 3.63) is 65.2 Å². The highest BCUT2D eigenvalue weighted by Crippen LogP contribution is 2.13. The molecule has 2 rings (SSSR count). The molecular weight excluding hydrogens is 352 g/mol. The third-order valence-electron chi connectivity index (χ3n) is 3.80. The molecule has 0 saturated heterocycles. The van der Waals surface area contributed by atoms with Crippen LogP contribution < -0.4 is 15.4 Å². The summed E-state index contributed by atoms with van der Waals surface area (Å²) in [5.74, 6) is 0.620. The molecule has 5 nitrogen and oxygen atoms in total. The molecule has 1 atom stereocenters. The second-order valence-corrected chi connectivity index (χ2v) is 6.05. The number of benzene rings is 2. The number of guanidine groups is 1. The van der Waals surface area contributed by atoms with Crippen molar-refractivity contribution in [2.24, 2.45) is 4.99 Å². The fourth-order valence-electron chi connectivity index (χ4n) is 2.44. The van der Waals surface area contributed by atoms with E-state index in [1.165, 1.54) is 25.3 Å². The van der Waals surface area contributed by atoms with Gasteiger partial charge in [-0.3, -0.25) is 4.99 Å². The molecule has 27 heavy (non-hydrogen) atoms. The van der Waals surface area contributed by atoms with Crippen LogP contribution in [0, 0.1) is 11.6 Å². The number of halogens is 2. The van der Waals surface area contributed by atoms with Gasteiger partial charge in [-0.2, -0.15) is 0 Å². The third kappa shape index (κ3) is 6.86. The maximum absolute atomic E-state index is 13.7. The van der Waals surface area contributed by atoms with Crippen molar-refractivity contribution in [2.45, 2.75) is 26.2 Å².